The first kappa shape index (κ1) is 44.0. The van der Waals surface area contributed by atoms with Gasteiger partial charge in [-0.25, -0.2) is 22.0 Å². The van der Waals surface area contributed by atoms with Gasteiger partial charge in [-0.15, -0.1) is 0 Å². The van der Waals surface area contributed by atoms with Crippen molar-refractivity contribution >= 4 is 44.6 Å². The first-order chi connectivity index (χ1) is 27.4. The fraction of sp³-hybridized carbons (Fsp3) is 0.643. The molecule has 0 spiro atoms. The molecule has 14 nitrogen and oxygen atoms in total. The van der Waals surface area contributed by atoms with Gasteiger partial charge in [-0.05, 0) is 96.4 Å². The highest BCUT2D eigenvalue weighted by Crippen LogP contribution is 2.48. The van der Waals surface area contributed by atoms with Crippen LogP contribution in [0.5, 0.6) is 11.8 Å². The van der Waals surface area contributed by atoms with Crippen LogP contribution in [-0.4, -0.2) is 94.8 Å². The lowest BCUT2D eigenvalue weighted by Crippen LogP contribution is -2.59. The van der Waals surface area contributed by atoms with Crippen LogP contribution < -0.4 is 24.8 Å². The van der Waals surface area contributed by atoms with Crippen LogP contribution in [0.4, 0.5) is 13.6 Å². The number of amides is 4. The van der Waals surface area contributed by atoms with Gasteiger partial charge in [0.1, 0.15) is 23.7 Å². The molecule has 2 saturated carbocycles. The number of ether oxygens (including phenoxy) is 3. The molecule has 4 aliphatic rings. The summed E-state index contributed by atoms with van der Waals surface area (Å²) in [6.07, 6.45) is 3.97. The molecule has 1 saturated heterocycles. The van der Waals surface area contributed by atoms with E-state index in [1.807, 2.05) is 57.2 Å². The zero-order valence-corrected chi connectivity index (χ0v) is 35.8. The van der Waals surface area contributed by atoms with E-state index in [9.17, 15) is 36.4 Å². The monoisotopic (exact) mass is 851 g/mol. The number of carbonyl (C=O) groups excluding carboxylic acids is 4. The Labute approximate surface area is 349 Å². The van der Waals surface area contributed by atoms with Crippen molar-refractivity contribution in [2.75, 3.05) is 6.54 Å². The van der Waals surface area contributed by atoms with Crippen molar-refractivity contribution in [3.63, 3.8) is 0 Å². The molecule has 1 unspecified atom stereocenters. The van der Waals surface area contributed by atoms with Gasteiger partial charge in [-0.2, -0.15) is 4.98 Å². The highest BCUT2D eigenvalue weighted by molar-refractivity contribution is 7.91. The molecule has 3 heterocycles. The first-order valence-corrected chi connectivity index (χ1v) is 21.9. The average molecular weight is 852 g/mol. The number of nitrogens with one attached hydrogen (secondary N) is 3. The van der Waals surface area contributed by atoms with E-state index in [2.05, 4.69) is 20.3 Å². The van der Waals surface area contributed by atoms with Gasteiger partial charge in [0, 0.05) is 35.0 Å². The lowest BCUT2D eigenvalue weighted by Gasteiger charge is -2.35. The number of allylic oxidation sites excluding steroid dienone is 1. The van der Waals surface area contributed by atoms with Gasteiger partial charge in [0.25, 0.3) is 11.8 Å². The Bertz CT molecular complexity index is 2120. The Hall–Kier alpha value is -4.54. The van der Waals surface area contributed by atoms with Gasteiger partial charge in [0.2, 0.25) is 33.6 Å². The summed E-state index contributed by atoms with van der Waals surface area (Å²) in [6.45, 7) is 11.6. The lowest BCUT2D eigenvalue weighted by atomic mass is 9.88. The summed E-state index contributed by atoms with van der Waals surface area (Å²) in [5, 5.41) is 6.83. The van der Waals surface area contributed by atoms with Crippen LogP contribution in [0, 0.1) is 17.8 Å². The van der Waals surface area contributed by atoms with Gasteiger partial charge < -0.3 is 29.7 Å². The Morgan fingerprint density at radius 2 is 1.80 bits per heavy atom. The minimum absolute atomic E-state index is 0. The number of nitrogens with zero attached hydrogens (tertiary/aromatic N) is 2. The van der Waals surface area contributed by atoms with Crippen molar-refractivity contribution in [3.05, 3.63) is 42.5 Å². The van der Waals surface area contributed by atoms with Crippen LogP contribution in [0.25, 0.3) is 10.8 Å². The van der Waals surface area contributed by atoms with E-state index in [-0.39, 0.29) is 41.6 Å². The van der Waals surface area contributed by atoms with Crippen LogP contribution in [0.15, 0.2) is 42.5 Å². The molecule has 330 valence electrons. The van der Waals surface area contributed by atoms with Crippen molar-refractivity contribution in [3.8, 4) is 11.8 Å². The number of hydrogen-bond donors (Lipinski definition) is 3. The quantitative estimate of drug-likeness (QED) is 0.223. The summed E-state index contributed by atoms with van der Waals surface area (Å²) in [6, 6.07) is 6.54. The molecule has 17 heteroatoms. The molecule has 0 radical (unpaired) electrons. The minimum atomic E-state index is -4.06. The molecule has 1 aromatic heterocycles. The molecule has 2 aliphatic carbocycles. The van der Waals surface area contributed by atoms with Crippen LogP contribution in [0.1, 0.15) is 105 Å². The summed E-state index contributed by atoms with van der Waals surface area (Å²) in [4.78, 5) is 62.7. The molecular formula is C42H63F2N5O9S. The fourth-order valence-electron chi connectivity index (χ4n) is 7.77. The number of halogens is 2. The van der Waals surface area contributed by atoms with E-state index in [0.717, 1.165) is 19.2 Å². The maximum Gasteiger partial charge on any atom is 0.408 e. The third-order valence-corrected chi connectivity index (χ3v) is 14.4. The maximum atomic E-state index is 14.9. The molecule has 7 atom stereocenters. The number of hydrogen-bond acceptors (Lipinski definition) is 10. The van der Waals surface area contributed by atoms with Crippen LogP contribution in [-0.2, 0) is 29.1 Å². The Balaban J connectivity index is 0.00000341. The van der Waals surface area contributed by atoms with Crippen molar-refractivity contribution in [2.24, 2.45) is 17.8 Å². The van der Waals surface area contributed by atoms with Crippen LogP contribution >= 0.6 is 0 Å². The zero-order chi connectivity index (χ0) is 43.3. The number of alkyl carbamates (subject to hydrolysis) is 1. The van der Waals surface area contributed by atoms with E-state index >= 15 is 0 Å². The van der Waals surface area contributed by atoms with E-state index in [4.69, 9.17) is 14.2 Å². The fourth-order valence-corrected chi connectivity index (χ4v) is 9.08. The van der Waals surface area contributed by atoms with E-state index in [0.29, 0.717) is 50.3 Å². The van der Waals surface area contributed by atoms with Crippen LogP contribution in [0.2, 0.25) is 0 Å². The van der Waals surface area contributed by atoms with E-state index in [1.54, 1.807) is 19.9 Å². The number of carbonyl (C=O) groups is 4. The second-order valence-electron chi connectivity index (χ2n) is 18.0. The molecule has 2 aromatic rings. The molecule has 3 fully saturated rings. The van der Waals surface area contributed by atoms with Crippen molar-refractivity contribution in [1.29, 1.82) is 0 Å². The number of benzene rings is 1. The Kier molecular flexibility index (Phi) is 12.0. The summed E-state index contributed by atoms with van der Waals surface area (Å²) >= 11 is 0. The number of aromatic nitrogens is 1. The van der Waals surface area contributed by atoms with Gasteiger partial charge in [0.05, 0.1) is 17.4 Å². The van der Waals surface area contributed by atoms with Crippen molar-refractivity contribution in [2.45, 2.75) is 146 Å². The number of rotatable bonds is 10. The maximum absolute atomic E-state index is 14.9. The van der Waals surface area contributed by atoms with Gasteiger partial charge >= 0.3 is 6.09 Å². The number of fused-ring (bicyclic) bond motifs is 3. The molecule has 6 rings (SSSR count). The molecular weight excluding hydrogens is 789 g/mol. The largest absolute Gasteiger partial charge is 0.475 e. The predicted molar refractivity (Wildman–Crippen MR) is 221 cm³/mol. The predicted octanol–water partition coefficient (Wildman–Crippen LogP) is 6.52. The second kappa shape index (κ2) is 16.1. The SMILES string of the molecule is CC(C)Oc1cc2ccccc2c(O[C@@H]2C[C@H]3C(=O)N[C@]4(C(=O)NS(=O)(=O)C5(C)CC5)C[C@H]4/C=C\CC[C@H](C)C[C@@H](C)C(NC(=O)OC(C)(C)C(C)(F)F)C(=O)N3C2)n1.[HH].[HH].[HH]. The summed E-state index contributed by atoms with van der Waals surface area (Å²) in [5.41, 5.74) is -3.83. The molecule has 3 N–H and O–H groups in total. The normalized spacial score (nSPS) is 29.2. The zero-order valence-electron chi connectivity index (χ0n) is 35.0. The third-order valence-electron chi connectivity index (χ3n) is 12.2. The van der Waals surface area contributed by atoms with E-state index in [1.165, 1.54) is 4.90 Å². The minimum Gasteiger partial charge on any atom is -0.475 e. The lowest BCUT2D eigenvalue weighted by molar-refractivity contribution is -0.152. The third kappa shape index (κ3) is 9.44. The Morgan fingerprint density at radius 1 is 1.10 bits per heavy atom. The van der Waals surface area contributed by atoms with Crippen molar-refractivity contribution < 1.29 is 54.9 Å². The summed E-state index contributed by atoms with van der Waals surface area (Å²) in [5.74, 6) is -6.25. The van der Waals surface area contributed by atoms with Crippen LogP contribution in [0.3, 0.4) is 0 Å². The van der Waals surface area contributed by atoms with Gasteiger partial charge in [0.15, 0.2) is 5.60 Å². The van der Waals surface area contributed by atoms with Crippen molar-refractivity contribution in [1.82, 2.24) is 25.2 Å². The standard InChI is InChI=1S/C42H57F2N5O9S.3H2/c1-24(2)56-32-20-27-14-10-12-16-30(27)35(45-32)57-29-21-31-34(50)47-42(37(52)48-59(54,55)40(7)17-18-40)22-28(42)15-11-9-13-25(3)19-26(4)33(36(51)49(31)23-29)46-38(53)58-39(5,6)41(8,43)44;;;/h10-12,14-16,20,24-26,28-29,31,33H,9,13,17-19,21-23H2,1-8H3,(H,46,53)(H,47,50)(H,48,52);3*1H/b15-11-;;;/t25-,26+,28+,29+,31-,33?,42+;;;/m0.../s1. The highest BCUT2D eigenvalue weighted by Gasteiger charge is 2.63. The summed E-state index contributed by atoms with van der Waals surface area (Å²) < 4.78 is 74.1. The molecule has 59 heavy (non-hydrogen) atoms. The molecule has 4 amide bonds. The number of pyridine rings is 1. The Morgan fingerprint density at radius 3 is 2.46 bits per heavy atom. The van der Waals surface area contributed by atoms with Gasteiger partial charge in [-0.3, -0.25) is 19.1 Å². The number of sulfonamides is 1. The molecule has 2 aliphatic heterocycles. The number of alkyl halides is 2. The highest BCUT2D eigenvalue weighted by atomic mass is 32.2. The average Bonchev–Trinajstić information content (AvgIpc) is 4.01. The smallest absolute Gasteiger partial charge is 0.408 e. The van der Waals surface area contributed by atoms with Gasteiger partial charge in [-0.1, -0.05) is 44.2 Å². The van der Waals surface area contributed by atoms with E-state index < -0.39 is 85.7 Å². The first-order valence-electron chi connectivity index (χ1n) is 20.4. The second-order valence-corrected chi connectivity index (χ2v) is 20.2. The summed E-state index contributed by atoms with van der Waals surface area (Å²) in [7, 11) is -4.06. The topological polar surface area (TPSA) is 182 Å². The molecule has 0 bridgehead atoms. The molecule has 1 aromatic carbocycles.